The highest BCUT2D eigenvalue weighted by Crippen LogP contribution is 2.26. The summed E-state index contributed by atoms with van der Waals surface area (Å²) < 4.78 is 0.976. The maximum atomic E-state index is 10.2. The van der Waals surface area contributed by atoms with Crippen molar-refractivity contribution < 1.29 is 5.11 Å². The number of hydrogen-bond donors (Lipinski definition) is 2. The van der Waals surface area contributed by atoms with Gasteiger partial charge in [0.05, 0.1) is 6.10 Å². The van der Waals surface area contributed by atoms with Gasteiger partial charge in [0.1, 0.15) is 0 Å². The molecule has 1 unspecified atom stereocenters. The van der Waals surface area contributed by atoms with Crippen molar-refractivity contribution in [1.82, 2.24) is 0 Å². The smallest absolute Gasteiger partial charge is 0.0976 e. The summed E-state index contributed by atoms with van der Waals surface area (Å²) in [6.45, 7) is 2.44. The summed E-state index contributed by atoms with van der Waals surface area (Å²) in [5.74, 6) is 0. The van der Waals surface area contributed by atoms with Gasteiger partial charge in [-0.2, -0.15) is 0 Å². The van der Waals surface area contributed by atoms with Gasteiger partial charge in [-0.15, -0.1) is 0 Å². The highest BCUT2D eigenvalue weighted by atomic mass is 79.9. The second kappa shape index (κ2) is 6.42. The lowest BCUT2D eigenvalue weighted by Crippen LogP contribution is -2.12. The van der Waals surface area contributed by atoms with E-state index in [-0.39, 0.29) is 0 Å². The lowest BCUT2D eigenvalue weighted by atomic mass is 10.1. The second-order valence-electron chi connectivity index (χ2n) is 4.40. The first-order valence-corrected chi connectivity index (χ1v) is 7.17. The number of aliphatic hydroxyl groups excluding tert-OH is 1. The quantitative estimate of drug-likeness (QED) is 0.855. The Morgan fingerprint density at radius 2 is 2.00 bits per heavy atom. The fourth-order valence-electron chi connectivity index (χ4n) is 1.84. The zero-order valence-electron chi connectivity index (χ0n) is 10.5. The molecule has 19 heavy (non-hydrogen) atoms. The number of halogens is 2. The summed E-state index contributed by atoms with van der Waals surface area (Å²) in [6.07, 6.45) is -0.638. The van der Waals surface area contributed by atoms with Crippen LogP contribution in [0.1, 0.15) is 17.2 Å². The Morgan fingerprint density at radius 3 is 2.74 bits per heavy atom. The van der Waals surface area contributed by atoms with Crippen LogP contribution in [0.15, 0.2) is 46.9 Å². The predicted octanol–water partition coefficient (Wildman–Crippen LogP) is 4.56. The highest BCUT2D eigenvalue weighted by Gasteiger charge is 2.11. The molecule has 0 fully saturated rings. The van der Waals surface area contributed by atoms with Gasteiger partial charge < -0.3 is 10.4 Å². The molecule has 0 saturated carbocycles. The first kappa shape index (κ1) is 14.4. The van der Waals surface area contributed by atoms with Crippen LogP contribution in [0.4, 0.5) is 5.69 Å². The van der Waals surface area contributed by atoms with Crippen molar-refractivity contribution in [2.75, 3.05) is 11.9 Å². The molecule has 0 radical (unpaired) electrons. The monoisotopic (exact) mass is 339 g/mol. The van der Waals surface area contributed by atoms with Crippen LogP contribution in [-0.2, 0) is 0 Å². The summed E-state index contributed by atoms with van der Waals surface area (Å²) in [6, 6.07) is 13.4. The average Bonchev–Trinajstić information content (AvgIpc) is 2.40. The van der Waals surface area contributed by atoms with Gasteiger partial charge in [0.15, 0.2) is 0 Å². The van der Waals surface area contributed by atoms with Crippen LogP contribution in [0.3, 0.4) is 0 Å². The van der Waals surface area contributed by atoms with Crippen molar-refractivity contribution in [3.63, 3.8) is 0 Å². The largest absolute Gasteiger partial charge is 0.387 e. The fraction of sp³-hybridized carbons (Fsp3) is 0.200. The molecule has 0 aliphatic rings. The number of aliphatic hydroxyl groups is 1. The van der Waals surface area contributed by atoms with E-state index in [1.165, 1.54) is 0 Å². The van der Waals surface area contributed by atoms with E-state index >= 15 is 0 Å². The first-order chi connectivity index (χ1) is 9.08. The van der Waals surface area contributed by atoms with E-state index in [9.17, 15) is 5.11 Å². The van der Waals surface area contributed by atoms with Crippen molar-refractivity contribution in [1.29, 1.82) is 0 Å². The van der Waals surface area contributed by atoms with Gasteiger partial charge in [0.2, 0.25) is 0 Å². The molecule has 2 aromatic carbocycles. The molecule has 2 nitrogen and oxygen atoms in total. The molecule has 4 heteroatoms. The van der Waals surface area contributed by atoms with Gasteiger partial charge in [-0.05, 0) is 46.6 Å². The molecule has 1 atom stereocenters. The molecule has 0 saturated heterocycles. The number of benzene rings is 2. The van der Waals surface area contributed by atoms with Crippen LogP contribution < -0.4 is 5.32 Å². The SMILES string of the molecule is Cc1ccc(Br)c(NCC(O)c2ccccc2Cl)c1. The van der Waals surface area contributed by atoms with E-state index in [1.807, 2.05) is 43.3 Å². The molecule has 100 valence electrons. The zero-order chi connectivity index (χ0) is 13.8. The van der Waals surface area contributed by atoms with Crippen molar-refractivity contribution in [2.45, 2.75) is 13.0 Å². The molecule has 0 bridgehead atoms. The van der Waals surface area contributed by atoms with Crippen molar-refractivity contribution in [3.8, 4) is 0 Å². The van der Waals surface area contributed by atoms with E-state index in [2.05, 4.69) is 21.2 Å². The molecule has 0 aliphatic heterocycles. The van der Waals surface area contributed by atoms with Crippen LogP contribution in [0.2, 0.25) is 5.02 Å². The van der Waals surface area contributed by atoms with Crippen LogP contribution >= 0.6 is 27.5 Å². The fourth-order valence-corrected chi connectivity index (χ4v) is 2.49. The van der Waals surface area contributed by atoms with Crippen LogP contribution in [0, 0.1) is 6.92 Å². The van der Waals surface area contributed by atoms with E-state index in [4.69, 9.17) is 11.6 Å². The molecule has 2 aromatic rings. The van der Waals surface area contributed by atoms with Crippen molar-refractivity contribution in [2.24, 2.45) is 0 Å². The maximum Gasteiger partial charge on any atom is 0.0976 e. The van der Waals surface area contributed by atoms with Crippen LogP contribution in [0.25, 0.3) is 0 Å². The Labute approximate surface area is 126 Å². The molecule has 0 heterocycles. The third-order valence-electron chi connectivity index (χ3n) is 2.87. The van der Waals surface area contributed by atoms with Gasteiger partial charge in [-0.3, -0.25) is 0 Å². The Bertz CT molecular complexity index is 574. The number of anilines is 1. The molecular weight excluding hydrogens is 326 g/mol. The Balaban J connectivity index is 2.06. The lowest BCUT2D eigenvalue weighted by Gasteiger charge is -2.15. The normalized spacial score (nSPS) is 12.2. The van der Waals surface area contributed by atoms with E-state index in [0.717, 1.165) is 21.3 Å². The summed E-state index contributed by atoms with van der Waals surface area (Å²) in [4.78, 5) is 0. The Kier molecular flexibility index (Phi) is 4.86. The summed E-state index contributed by atoms with van der Waals surface area (Å²) in [5, 5.41) is 14.0. The summed E-state index contributed by atoms with van der Waals surface area (Å²) >= 11 is 9.54. The predicted molar refractivity (Wildman–Crippen MR) is 83.8 cm³/mol. The maximum absolute atomic E-state index is 10.2. The lowest BCUT2D eigenvalue weighted by molar-refractivity contribution is 0.191. The minimum Gasteiger partial charge on any atom is -0.387 e. The molecule has 0 spiro atoms. The highest BCUT2D eigenvalue weighted by molar-refractivity contribution is 9.10. The van der Waals surface area contributed by atoms with Crippen LogP contribution in [0.5, 0.6) is 0 Å². The number of nitrogens with one attached hydrogen (secondary N) is 1. The van der Waals surface area contributed by atoms with Gasteiger partial charge in [0, 0.05) is 27.3 Å². The molecule has 0 aromatic heterocycles. The van der Waals surface area contributed by atoms with Gasteiger partial charge in [0.25, 0.3) is 0 Å². The minimum atomic E-state index is -0.638. The molecule has 2 N–H and O–H groups in total. The zero-order valence-corrected chi connectivity index (χ0v) is 12.9. The molecule has 2 rings (SSSR count). The van der Waals surface area contributed by atoms with Crippen molar-refractivity contribution in [3.05, 3.63) is 63.1 Å². The number of rotatable bonds is 4. The first-order valence-electron chi connectivity index (χ1n) is 6.00. The standard InChI is InChI=1S/C15H15BrClNO/c1-10-6-7-12(16)14(8-10)18-9-15(19)11-4-2-3-5-13(11)17/h2-8,15,18-19H,9H2,1H3. The second-order valence-corrected chi connectivity index (χ2v) is 5.66. The Hall–Kier alpha value is -1.03. The van der Waals surface area contributed by atoms with Crippen molar-refractivity contribution >= 4 is 33.2 Å². The Morgan fingerprint density at radius 1 is 1.26 bits per heavy atom. The van der Waals surface area contributed by atoms with Gasteiger partial charge >= 0.3 is 0 Å². The minimum absolute atomic E-state index is 0.409. The average molecular weight is 341 g/mol. The summed E-state index contributed by atoms with van der Waals surface area (Å²) in [7, 11) is 0. The van der Waals surface area contributed by atoms with Gasteiger partial charge in [-0.25, -0.2) is 0 Å². The van der Waals surface area contributed by atoms with E-state index < -0.39 is 6.10 Å². The topological polar surface area (TPSA) is 32.3 Å². The molecular formula is C15H15BrClNO. The molecule has 0 amide bonds. The van der Waals surface area contributed by atoms with E-state index in [1.54, 1.807) is 6.07 Å². The third-order valence-corrected chi connectivity index (χ3v) is 3.91. The number of hydrogen-bond acceptors (Lipinski definition) is 2. The summed E-state index contributed by atoms with van der Waals surface area (Å²) in [5.41, 5.74) is 2.87. The number of aryl methyl sites for hydroxylation is 1. The van der Waals surface area contributed by atoms with Gasteiger partial charge in [-0.1, -0.05) is 35.9 Å². The third kappa shape index (κ3) is 3.72. The van der Waals surface area contributed by atoms with Crippen LogP contribution in [-0.4, -0.2) is 11.7 Å². The van der Waals surface area contributed by atoms with E-state index in [0.29, 0.717) is 11.6 Å². The molecule has 0 aliphatic carbocycles.